The molecule has 236 valence electrons. The average molecular weight is 646 g/mol. The van der Waals surface area contributed by atoms with Crippen molar-refractivity contribution < 1.29 is 34.4 Å². The predicted molar refractivity (Wildman–Crippen MR) is 165 cm³/mol. The number of ether oxygens (including phenoxy) is 2. The normalized spacial score (nSPS) is 28.1. The van der Waals surface area contributed by atoms with E-state index in [1.54, 1.807) is 41.3 Å². The molecule has 2 fully saturated rings. The monoisotopic (exact) mass is 644 g/mol. The summed E-state index contributed by atoms with van der Waals surface area (Å²) in [6.45, 7) is -0.329. The molecular formula is C33H38Cl2N2O7. The van der Waals surface area contributed by atoms with Crippen molar-refractivity contribution in [1.29, 1.82) is 0 Å². The van der Waals surface area contributed by atoms with Gasteiger partial charge in [0.15, 0.2) is 11.5 Å². The maximum Gasteiger partial charge on any atom is 0.247 e. The van der Waals surface area contributed by atoms with E-state index in [1.807, 2.05) is 0 Å². The zero-order valence-corrected chi connectivity index (χ0v) is 26.1. The molecule has 0 saturated heterocycles. The summed E-state index contributed by atoms with van der Waals surface area (Å²) in [4.78, 5) is 29.5. The fourth-order valence-corrected chi connectivity index (χ4v) is 8.10. The van der Waals surface area contributed by atoms with Crippen LogP contribution in [0, 0.1) is 17.8 Å². The third kappa shape index (κ3) is 5.81. The van der Waals surface area contributed by atoms with Gasteiger partial charge in [0, 0.05) is 30.6 Å². The summed E-state index contributed by atoms with van der Waals surface area (Å²) >= 11 is 12.5. The first kappa shape index (κ1) is 31.2. The highest BCUT2D eigenvalue weighted by Gasteiger charge is 2.52. The fraction of sp³-hybridized carbons (Fsp3) is 0.515. The molecule has 3 aliphatic carbocycles. The van der Waals surface area contributed by atoms with Crippen LogP contribution in [0.5, 0.6) is 11.5 Å². The molecule has 7 unspecified atom stereocenters. The van der Waals surface area contributed by atoms with Crippen LogP contribution in [0.3, 0.4) is 0 Å². The standard InChI is InChI=1S/C33H38Cl2N2O7/c1-43-27-12-19(16-39)10-22-29-23(33(42)36-6-7-38)14-26(30(41)32(29)44-31(22)27)37(15-18-3-5-24(34)25(35)11-18)28(40)13-21-9-17-2-4-20(21)8-17/h3,5,10-12,14,17,20-21,26,29-30,32,38-39,41H,2,4,6-9,13,15-16H2,1H3,(H,36,42). The second-order valence-electron chi connectivity index (χ2n) is 12.4. The molecule has 1 heterocycles. The lowest BCUT2D eigenvalue weighted by molar-refractivity contribution is -0.139. The van der Waals surface area contributed by atoms with E-state index in [0.717, 1.165) is 18.4 Å². The van der Waals surface area contributed by atoms with E-state index in [4.69, 9.17) is 32.7 Å². The minimum Gasteiger partial charge on any atom is -0.493 e. The molecule has 0 radical (unpaired) electrons. The Morgan fingerprint density at radius 2 is 1.91 bits per heavy atom. The van der Waals surface area contributed by atoms with Crippen molar-refractivity contribution in [3.8, 4) is 11.5 Å². The first-order valence-corrected chi connectivity index (χ1v) is 16.0. The Hall–Kier alpha value is -2.82. The Labute approximate surface area is 266 Å². The van der Waals surface area contributed by atoms with Crippen molar-refractivity contribution in [3.63, 3.8) is 0 Å². The van der Waals surface area contributed by atoms with Crippen LogP contribution in [0.1, 0.15) is 54.7 Å². The smallest absolute Gasteiger partial charge is 0.247 e. The molecule has 1 aliphatic heterocycles. The number of halogens is 2. The minimum atomic E-state index is -1.20. The number of carbonyl (C=O) groups excluding carboxylic acids is 2. The predicted octanol–water partition coefficient (Wildman–Crippen LogP) is 3.97. The summed E-state index contributed by atoms with van der Waals surface area (Å²) in [5, 5.41) is 34.8. The summed E-state index contributed by atoms with van der Waals surface area (Å²) in [6.07, 6.45) is 4.47. The van der Waals surface area contributed by atoms with Gasteiger partial charge in [0.05, 0.1) is 42.3 Å². The fourth-order valence-electron chi connectivity index (χ4n) is 7.78. The van der Waals surface area contributed by atoms with Crippen molar-refractivity contribution in [2.24, 2.45) is 17.8 Å². The highest BCUT2D eigenvalue weighted by atomic mass is 35.5. The van der Waals surface area contributed by atoms with Gasteiger partial charge < -0.3 is 35.0 Å². The number of amides is 2. The Balaban J connectivity index is 1.40. The first-order chi connectivity index (χ1) is 21.2. The highest BCUT2D eigenvalue weighted by molar-refractivity contribution is 6.42. The SMILES string of the molecule is COc1cc(CO)cc2c1OC1C2C(C(=O)NCCO)=CC(N(Cc2ccc(Cl)c(Cl)c2)C(=O)CC2CC3CCC2C3)C1O. The summed E-state index contributed by atoms with van der Waals surface area (Å²) in [6, 6.07) is 7.69. The van der Waals surface area contributed by atoms with Crippen LogP contribution in [0.2, 0.25) is 10.0 Å². The van der Waals surface area contributed by atoms with Gasteiger partial charge in [-0.2, -0.15) is 0 Å². The van der Waals surface area contributed by atoms with Gasteiger partial charge in [-0.25, -0.2) is 0 Å². The molecule has 2 bridgehead atoms. The number of aliphatic hydroxyl groups is 3. The van der Waals surface area contributed by atoms with E-state index in [2.05, 4.69) is 5.32 Å². The Morgan fingerprint density at radius 3 is 2.57 bits per heavy atom. The lowest BCUT2D eigenvalue weighted by Gasteiger charge is -2.41. The van der Waals surface area contributed by atoms with Crippen LogP contribution in [0.15, 0.2) is 42.0 Å². The largest absolute Gasteiger partial charge is 0.493 e. The topological polar surface area (TPSA) is 129 Å². The molecule has 2 amide bonds. The summed E-state index contributed by atoms with van der Waals surface area (Å²) in [5.74, 6) is 1.01. The number of fused-ring (bicyclic) bond motifs is 5. The number of nitrogens with zero attached hydrogens (tertiary/aromatic N) is 1. The number of rotatable bonds is 10. The molecule has 4 N–H and O–H groups in total. The highest BCUT2D eigenvalue weighted by Crippen LogP contribution is 2.52. The van der Waals surface area contributed by atoms with Gasteiger partial charge in [-0.1, -0.05) is 35.7 Å². The lowest BCUT2D eigenvalue weighted by atomic mass is 9.77. The number of hydrogen-bond donors (Lipinski definition) is 4. The third-order valence-electron chi connectivity index (χ3n) is 9.83. The molecule has 11 heteroatoms. The second kappa shape index (κ2) is 12.9. The van der Waals surface area contributed by atoms with Crippen molar-refractivity contribution in [3.05, 3.63) is 68.7 Å². The molecule has 7 atom stereocenters. The molecule has 2 aromatic rings. The molecule has 2 aromatic carbocycles. The number of methoxy groups -OCH3 is 1. The minimum absolute atomic E-state index is 0.0324. The number of aliphatic hydroxyl groups excluding tert-OH is 3. The van der Waals surface area contributed by atoms with Gasteiger partial charge in [-0.3, -0.25) is 9.59 Å². The van der Waals surface area contributed by atoms with Crippen LogP contribution in [-0.4, -0.2) is 70.5 Å². The van der Waals surface area contributed by atoms with Gasteiger partial charge in [0.1, 0.15) is 12.2 Å². The summed E-state index contributed by atoms with van der Waals surface area (Å²) in [5.41, 5.74) is 2.21. The van der Waals surface area contributed by atoms with E-state index in [0.29, 0.717) is 56.5 Å². The molecule has 2 saturated carbocycles. The van der Waals surface area contributed by atoms with Crippen LogP contribution >= 0.6 is 23.2 Å². The van der Waals surface area contributed by atoms with Crippen LogP contribution in [-0.2, 0) is 22.7 Å². The molecule has 0 aromatic heterocycles. The number of nitrogens with one attached hydrogen (secondary N) is 1. The Bertz CT molecular complexity index is 1470. The van der Waals surface area contributed by atoms with E-state index in [-0.39, 0.29) is 38.1 Å². The van der Waals surface area contributed by atoms with Crippen molar-refractivity contribution in [1.82, 2.24) is 10.2 Å². The summed E-state index contributed by atoms with van der Waals surface area (Å²) < 4.78 is 11.9. The summed E-state index contributed by atoms with van der Waals surface area (Å²) in [7, 11) is 1.49. The van der Waals surface area contributed by atoms with Crippen molar-refractivity contribution in [2.75, 3.05) is 20.3 Å². The van der Waals surface area contributed by atoms with Gasteiger partial charge in [-0.15, -0.1) is 0 Å². The van der Waals surface area contributed by atoms with Crippen LogP contribution in [0.25, 0.3) is 0 Å². The maximum absolute atomic E-state index is 14.2. The van der Waals surface area contributed by atoms with E-state index < -0.39 is 30.1 Å². The number of hydrogen-bond acceptors (Lipinski definition) is 7. The third-order valence-corrected chi connectivity index (χ3v) is 10.6. The molecule has 44 heavy (non-hydrogen) atoms. The van der Waals surface area contributed by atoms with Crippen LogP contribution in [0.4, 0.5) is 0 Å². The molecular weight excluding hydrogens is 607 g/mol. The van der Waals surface area contributed by atoms with Crippen molar-refractivity contribution >= 4 is 35.0 Å². The van der Waals surface area contributed by atoms with Crippen LogP contribution < -0.4 is 14.8 Å². The zero-order valence-electron chi connectivity index (χ0n) is 24.5. The molecule has 0 spiro atoms. The number of benzene rings is 2. The zero-order chi connectivity index (χ0) is 31.1. The first-order valence-electron chi connectivity index (χ1n) is 15.2. The van der Waals surface area contributed by atoms with E-state index in [9.17, 15) is 24.9 Å². The van der Waals surface area contributed by atoms with Crippen molar-refractivity contribution in [2.45, 2.75) is 69.4 Å². The lowest BCUT2D eigenvalue weighted by Crippen LogP contribution is -2.55. The van der Waals surface area contributed by atoms with Gasteiger partial charge in [0.25, 0.3) is 0 Å². The van der Waals surface area contributed by atoms with E-state index >= 15 is 0 Å². The average Bonchev–Trinajstić information content (AvgIpc) is 3.75. The maximum atomic E-state index is 14.2. The Kier molecular flexibility index (Phi) is 9.13. The molecule has 6 rings (SSSR count). The van der Waals surface area contributed by atoms with Gasteiger partial charge in [0.2, 0.25) is 11.8 Å². The molecule has 9 nitrogen and oxygen atoms in total. The second-order valence-corrected chi connectivity index (χ2v) is 13.2. The number of carbonyl (C=O) groups is 2. The van der Waals surface area contributed by atoms with Gasteiger partial charge in [-0.05, 0) is 78.5 Å². The molecule has 4 aliphatic rings. The quantitative estimate of drug-likeness (QED) is 0.308. The Morgan fingerprint density at radius 1 is 1.09 bits per heavy atom. The van der Waals surface area contributed by atoms with E-state index in [1.165, 1.54) is 20.0 Å². The van der Waals surface area contributed by atoms with Gasteiger partial charge >= 0.3 is 0 Å².